The highest BCUT2D eigenvalue weighted by molar-refractivity contribution is 5.04. The summed E-state index contributed by atoms with van der Waals surface area (Å²) in [5.41, 5.74) is 1.18. The highest BCUT2D eigenvalue weighted by atomic mass is 14.5. The largest absolute Gasteiger partial charge is 0.198 e. The summed E-state index contributed by atoms with van der Waals surface area (Å²) in [4.78, 5) is 0. The third-order valence-corrected chi connectivity index (χ3v) is 4.21. The van der Waals surface area contributed by atoms with E-state index in [1.165, 1.54) is 38.5 Å². The molecule has 1 nitrogen and oxygen atoms in total. The van der Waals surface area contributed by atoms with Gasteiger partial charge in [0.05, 0.1) is 6.07 Å². The van der Waals surface area contributed by atoms with Gasteiger partial charge in [-0.1, -0.05) is 13.8 Å². The fourth-order valence-electron chi connectivity index (χ4n) is 2.94. The topological polar surface area (TPSA) is 23.8 Å². The molecular weight excluding hydrogens is 158 g/mol. The Bertz CT molecular complexity index is 228. The average molecular weight is 177 g/mol. The van der Waals surface area contributed by atoms with Crippen LogP contribution in [0.4, 0.5) is 0 Å². The van der Waals surface area contributed by atoms with Gasteiger partial charge >= 0.3 is 0 Å². The van der Waals surface area contributed by atoms with Crippen LogP contribution in [0.5, 0.6) is 0 Å². The maximum atomic E-state index is 8.75. The molecule has 13 heavy (non-hydrogen) atoms. The van der Waals surface area contributed by atoms with Crippen molar-refractivity contribution in [3.8, 4) is 6.07 Å². The quantitative estimate of drug-likeness (QED) is 0.555. The van der Waals surface area contributed by atoms with Crippen molar-refractivity contribution in [3.63, 3.8) is 0 Å². The molecule has 0 aromatic rings. The fraction of sp³-hybridized carbons (Fsp3) is 0.917. The van der Waals surface area contributed by atoms with Crippen molar-refractivity contribution in [1.29, 1.82) is 5.26 Å². The first kappa shape index (κ1) is 9.06. The van der Waals surface area contributed by atoms with E-state index in [0.29, 0.717) is 16.7 Å². The molecule has 0 aromatic heterocycles. The van der Waals surface area contributed by atoms with Crippen molar-refractivity contribution in [2.24, 2.45) is 16.7 Å². The van der Waals surface area contributed by atoms with E-state index in [1.54, 1.807) is 0 Å². The van der Waals surface area contributed by atoms with E-state index in [-0.39, 0.29) is 0 Å². The summed E-state index contributed by atoms with van der Waals surface area (Å²) in [6, 6.07) is 2.39. The van der Waals surface area contributed by atoms with E-state index in [1.807, 2.05) is 0 Å². The summed E-state index contributed by atoms with van der Waals surface area (Å²) in [7, 11) is 0. The van der Waals surface area contributed by atoms with Crippen LogP contribution in [0.15, 0.2) is 0 Å². The molecule has 0 radical (unpaired) electrons. The zero-order valence-electron chi connectivity index (χ0n) is 8.77. The van der Waals surface area contributed by atoms with E-state index in [0.717, 1.165) is 0 Å². The first-order valence-corrected chi connectivity index (χ1v) is 5.45. The standard InChI is InChI=1S/C12H19N/c1-11(2)3-5-12(6-4-11)7-10(8-12)9-13/h10H,3-8H2,1-2H3. The van der Waals surface area contributed by atoms with Crippen molar-refractivity contribution in [2.45, 2.75) is 52.4 Å². The van der Waals surface area contributed by atoms with Gasteiger partial charge in [-0.25, -0.2) is 0 Å². The Morgan fingerprint density at radius 1 is 1.08 bits per heavy atom. The normalized spacial score (nSPS) is 30.8. The van der Waals surface area contributed by atoms with Gasteiger partial charge in [-0.3, -0.25) is 0 Å². The highest BCUT2D eigenvalue weighted by Crippen LogP contribution is 2.57. The number of hydrogen-bond donors (Lipinski definition) is 0. The average Bonchev–Trinajstić information content (AvgIpc) is 2.01. The van der Waals surface area contributed by atoms with Gasteiger partial charge in [0.15, 0.2) is 0 Å². The van der Waals surface area contributed by atoms with Crippen LogP contribution >= 0.6 is 0 Å². The van der Waals surface area contributed by atoms with Crippen molar-refractivity contribution in [2.75, 3.05) is 0 Å². The molecule has 2 aliphatic carbocycles. The Hall–Kier alpha value is -0.510. The molecule has 0 atom stereocenters. The van der Waals surface area contributed by atoms with Crippen LogP contribution in [0.25, 0.3) is 0 Å². The lowest BCUT2D eigenvalue weighted by molar-refractivity contribution is 0.00247. The van der Waals surface area contributed by atoms with Crippen LogP contribution in [-0.4, -0.2) is 0 Å². The van der Waals surface area contributed by atoms with Crippen LogP contribution in [-0.2, 0) is 0 Å². The van der Waals surface area contributed by atoms with Crippen molar-refractivity contribution in [3.05, 3.63) is 0 Å². The molecule has 0 unspecified atom stereocenters. The fourth-order valence-corrected chi connectivity index (χ4v) is 2.94. The molecule has 0 N–H and O–H groups in total. The lowest BCUT2D eigenvalue weighted by Gasteiger charge is -2.51. The lowest BCUT2D eigenvalue weighted by Crippen LogP contribution is -2.41. The maximum absolute atomic E-state index is 8.75. The third-order valence-electron chi connectivity index (χ3n) is 4.21. The zero-order chi connectivity index (χ0) is 9.53. The monoisotopic (exact) mass is 177 g/mol. The van der Waals surface area contributed by atoms with Gasteiger partial charge in [-0.05, 0) is 49.4 Å². The first-order chi connectivity index (χ1) is 6.05. The van der Waals surface area contributed by atoms with Gasteiger partial charge < -0.3 is 0 Å². The van der Waals surface area contributed by atoms with Crippen LogP contribution in [0.1, 0.15) is 52.4 Å². The Kier molecular flexibility index (Phi) is 1.91. The van der Waals surface area contributed by atoms with Gasteiger partial charge in [0.1, 0.15) is 0 Å². The molecule has 0 bridgehead atoms. The molecule has 0 amide bonds. The van der Waals surface area contributed by atoms with E-state index in [9.17, 15) is 0 Å². The van der Waals surface area contributed by atoms with Crippen LogP contribution in [0.2, 0.25) is 0 Å². The summed E-state index contributed by atoms with van der Waals surface area (Å²) < 4.78 is 0. The SMILES string of the molecule is CC1(C)CCC2(CC1)CC(C#N)C2. The number of nitriles is 1. The molecule has 1 spiro atoms. The van der Waals surface area contributed by atoms with Crippen molar-refractivity contribution >= 4 is 0 Å². The maximum Gasteiger partial charge on any atom is 0.0656 e. The van der Waals surface area contributed by atoms with E-state index in [2.05, 4.69) is 19.9 Å². The van der Waals surface area contributed by atoms with Crippen LogP contribution in [0.3, 0.4) is 0 Å². The smallest absolute Gasteiger partial charge is 0.0656 e. The van der Waals surface area contributed by atoms with Crippen LogP contribution in [0, 0.1) is 28.1 Å². The van der Waals surface area contributed by atoms with Crippen molar-refractivity contribution < 1.29 is 0 Å². The van der Waals surface area contributed by atoms with Gasteiger partial charge in [0, 0.05) is 5.92 Å². The Morgan fingerprint density at radius 3 is 2.08 bits per heavy atom. The van der Waals surface area contributed by atoms with E-state index in [4.69, 9.17) is 5.26 Å². The summed E-state index contributed by atoms with van der Waals surface area (Å²) in [5.74, 6) is 0.390. The van der Waals surface area contributed by atoms with Crippen LogP contribution < -0.4 is 0 Å². The van der Waals surface area contributed by atoms with Gasteiger partial charge in [0.2, 0.25) is 0 Å². The molecule has 2 fully saturated rings. The summed E-state index contributed by atoms with van der Waals surface area (Å²) in [5, 5.41) is 8.75. The molecule has 0 saturated heterocycles. The van der Waals surface area contributed by atoms with Crippen molar-refractivity contribution in [1.82, 2.24) is 0 Å². The minimum atomic E-state index is 0.390. The Labute approximate surface area is 81.1 Å². The second kappa shape index (κ2) is 2.74. The summed E-state index contributed by atoms with van der Waals surface area (Å²) in [6.07, 6.45) is 7.87. The summed E-state index contributed by atoms with van der Waals surface area (Å²) >= 11 is 0. The number of hydrogen-bond acceptors (Lipinski definition) is 1. The lowest BCUT2D eigenvalue weighted by atomic mass is 9.53. The second-order valence-corrected chi connectivity index (χ2v) is 5.90. The molecule has 0 aromatic carbocycles. The number of rotatable bonds is 0. The Balaban J connectivity index is 1.90. The zero-order valence-corrected chi connectivity index (χ0v) is 8.77. The molecule has 72 valence electrons. The summed E-state index contributed by atoms with van der Waals surface area (Å²) in [6.45, 7) is 4.75. The van der Waals surface area contributed by atoms with Gasteiger partial charge in [-0.15, -0.1) is 0 Å². The minimum absolute atomic E-state index is 0.390. The minimum Gasteiger partial charge on any atom is -0.198 e. The molecular formula is C12H19N. The van der Waals surface area contributed by atoms with Gasteiger partial charge in [0.25, 0.3) is 0 Å². The number of nitrogens with zero attached hydrogens (tertiary/aromatic N) is 1. The van der Waals surface area contributed by atoms with E-state index >= 15 is 0 Å². The molecule has 2 saturated carbocycles. The predicted molar refractivity (Wildman–Crippen MR) is 53.0 cm³/mol. The van der Waals surface area contributed by atoms with E-state index < -0.39 is 0 Å². The molecule has 2 aliphatic rings. The second-order valence-electron chi connectivity index (χ2n) is 5.90. The predicted octanol–water partition coefficient (Wildman–Crippen LogP) is 3.51. The molecule has 2 rings (SSSR count). The van der Waals surface area contributed by atoms with Gasteiger partial charge in [-0.2, -0.15) is 5.26 Å². The Morgan fingerprint density at radius 2 is 1.62 bits per heavy atom. The first-order valence-electron chi connectivity index (χ1n) is 5.45. The third kappa shape index (κ3) is 1.59. The molecule has 1 heteroatoms. The molecule has 0 aliphatic heterocycles. The highest BCUT2D eigenvalue weighted by Gasteiger charge is 2.47. The molecule has 0 heterocycles.